The first-order valence-electron chi connectivity index (χ1n) is 9.42. The number of nitrogens with zero attached hydrogens (tertiary/aromatic N) is 3. The molecule has 0 radical (unpaired) electrons. The first-order valence-corrected chi connectivity index (χ1v) is 10.2. The molecule has 0 saturated heterocycles. The van der Waals surface area contributed by atoms with Crippen molar-refractivity contribution in [2.24, 2.45) is 5.92 Å². The van der Waals surface area contributed by atoms with Gasteiger partial charge in [0.05, 0.1) is 10.0 Å². The maximum absolute atomic E-state index is 12.3. The molecule has 0 bridgehead atoms. The number of carbonyl (C=O) groups excluding carboxylic acids is 1. The van der Waals surface area contributed by atoms with Crippen LogP contribution in [0.25, 0.3) is 0 Å². The van der Waals surface area contributed by atoms with E-state index in [0.29, 0.717) is 40.1 Å². The number of nitrogens with one attached hydrogen (secondary N) is 2. The average Bonchev–Trinajstić information content (AvgIpc) is 2.69. The van der Waals surface area contributed by atoms with Crippen molar-refractivity contribution in [2.45, 2.75) is 31.7 Å². The van der Waals surface area contributed by atoms with Gasteiger partial charge in [0, 0.05) is 38.4 Å². The number of halogens is 2. The molecule has 6 nitrogen and oxygen atoms in total. The van der Waals surface area contributed by atoms with Gasteiger partial charge in [-0.2, -0.15) is 4.98 Å². The summed E-state index contributed by atoms with van der Waals surface area (Å²) >= 11 is 11.9. The van der Waals surface area contributed by atoms with Gasteiger partial charge >= 0.3 is 0 Å². The summed E-state index contributed by atoms with van der Waals surface area (Å²) < 4.78 is 0. The molecule has 1 aromatic carbocycles. The smallest absolute Gasteiger partial charge is 0.251 e. The second-order valence-electron chi connectivity index (χ2n) is 7.33. The highest BCUT2D eigenvalue weighted by molar-refractivity contribution is 6.42. The molecule has 3 rings (SSSR count). The van der Waals surface area contributed by atoms with E-state index in [4.69, 9.17) is 23.2 Å². The van der Waals surface area contributed by atoms with Crippen LogP contribution in [0, 0.1) is 5.92 Å². The lowest BCUT2D eigenvalue weighted by atomic mass is 9.86. The molecule has 2 aromatic rings. The van der Waals surface area contributed by atoms with Gasteiger partial charge in [0.2, 0.25) is 5.95 Å². The summed E-state index contributed by atoms with van der Waals surface area (Å²) in [7, 11) is 3.92. The van der Waals surface area contributed by atoms with Crippen molar-refractivity contribution in [2.75, 3.05) is 30.9 Å². The fraction of sp³-hybridized carbons (Fsp3) is 0.450. The molecule has 1 heterocycles. The highest BCUT2D eigenvalue weighted by atomic mass is 35.5. The monoisotopic (exact) mass is 421 g/mol. The summed E-state index contributed by atoms with van der Waals surface area (Å²) in [4.78, 5) is 23.1. The minimum Gasteiger partial charge on any atom is -0.363 e. The van der Waals surface area contributed by atoms with Crippen molar-refractivity contribution >= 4 is 40.9 Å². The normalized spacial score (nSPS) is 19.1. The number of aromatic nitrogens is 2. The van der Waals surface area contributed by atoms with Crippen LogP contribution in [0.15, 0.2) is 30.5 Å². The van der Waals surface area contributed by atoms with Crippen molar-refractivity contribution in [3.63, 3.8) is 0 Å². The molecule has 1 fully saturated rings. The number of anilines is 2. The molecule has 2 N–H and O–H groups in total. The number of rotatable bonds is 6. The summed E-state index contributed by atoms with van der Waals surface area (Å²) in [6.45, 7) is 0.665. The van der Waals surface area contributed by atoms with Crippen LogP contribution in [0.4, 0.5) is 11.8 Å². The Morgan fingerprint density at radius 1 is 1.14 bits per heavy atom. The van der Waals surface area contributed by atoms with E-state index < -0.39 is 0 Å². The molecule has 28 heavy (non-hydrogen) atoms. The second kappa shape index (κ2) is 9.43. The third-order valence-corrected chi connectivity index (χ3v) is 5.75. The zero-order chi connectivity index (χ0) is 20.1. The first kappa shape index (κ1) is 20.7. The van der Waals surface area contributed by atoms with E-state index in [1.807, 2.05) is 25.1 Å². The van der Waals surface area contributed by atoms with E-state index in [-0.39, 0.29) is 5.91 Å². The molecule has 8 heteroatoms. The van der Waals surface area contributed by atoms with Crippen LogP contribution >= 0.6 is 23.2 Å². The van der Waals surface area contributed by atoms with Gasteiger partial charge in [-0.25, -0.2) is 4.98 Å². The van der Waals surface area contributed by atoms with E-state index in [1.165, 1.54) is 0 Å². The Bertz CT molecular complexity index is 822. The fourth-order valence-electron chi connectivity index (χ4n) is 3.34. The van der Waals surface area contributed by atoms with Crippen molar-refractivity contribution in [3.8, 4) is 0 Å². The number of amides is 1. The maximum Gasteiger partial charge on any atom is 0.251 e. The summed E-state index contributed by atoms with van der Waals surface area (Å²) in [5, 5.41) is 7.28. The molecule has 0 atom stereocenters. The standard InChI is InChI=1S/C20H25Cl2N5O/c1-27(2)18-9-10-23-20(26-18)25-15-6-3-13(4-7-15)12-24-19(28)14-5-8-16(21)17(22)11-14/h5,8-11,13,15H,3-4,6-7,12H2,1-2H3,(H,24,28)(H,23,25,26)/t13-,15+. The lowest BCUT2D eigenvalue weighted by Crippen LogP contribution is -2.34. The van der Waals surface area contributed by atoms with E-state index >= 15 is 0 Å². The topological polar surface area (TPSA) is 70.2 Å². The number of hydrogen-bond acceptors (Lipinski definition) is 5. The van der Waals surface area contributed by atoms with Gasteiger partial charge in [-0.05, 0) is 55.9 Å². The van der Waals surface area contributed by atoms with Crippen LogP contribution in [-0.2, 0) is 0 Å². The molecule has 1 amide bonds. The molecule has 1 saturated carbocycles. The molecule has 0 unspecified atom stereocenters. The van der Waals surface area contributed by atoms with E-state index in [0.717, 1.165) is 31.5 Å². The summed E-state index contributed by atoms with van der Waals surface area (Å²) in [6.07, 6.45) is 5.93. The van der Waals surface area contributed by atoms with Gasteiger partial charge < -0.3 is 15.5 Å². The third kappa shape index (κ3) is 5.49. The zero-order valence-corrected chi connectivity index (χ0v) is 17.6. The highest BCUT2D eigenvalue weighted by Gasteiger charge is 2.22. The van der Waals surface area contributed by atoms with Crippen molar-refractivity contribution in [3.05, 3.63) is 46.1 Å². The molecular weight excluding hydrogens is 397 g/mol. The number of benzene rings is 1. The highest BCUT2D eigenvalue weighted by Crippen LogP contribution is 2.26. The molecule has 0 aliphatic heterocycles. The summed E-state index contributed by atoms with van der Waals surface area (Å²) in [5.41, 5.74) is 0.530. The molecule has 1 aromatic heterocycles. The van der Waals surface area contributed by atoms with Crippen LogP contribution in [0.2, 0.25) is 10.0 Å². The Balaban J connectivity index is 1.44. The number of carbonyl (C=O) groups is 1. The lowest BCUT2D eigenvalue weighted by Gasteiger charge is -2.29. The maximum atomic E-state index is 12.3. The van der Waals surface area contributed by atoms with Gasteiger partial charge in [0.1, 0.15) is 5.82 Å². The second-order valence-corrected chi connectivity index (χ2v) is 8.15. The van der Waals surface area contributed by atoms with Crippen molar-refractivity contribution in [1.29, 1.82) is 0 Å². The largest absolute Gasteiger partial charge is 0.363 e. The SMILES string of the molecule is CN(C)c1ccnc(N[C@H]2CC[C@@H](CNC(=O)c3ccc(Cl)c(Cl)c3)CC2)n1. The van der Waals surface area contributed by atoms with Crippen molar-refractivity contribution in [1.82, 2.24) is 15.3 Å². The molecular formula is C20H25Cl2N5O. The van der Waals surface area contributed by atoms with Gasteiger partial charge in [-0.3, -0.25) is 4.79 Å². The Hall–Kier alpha value is -2.05. The van der Waals surface area contributed by atoms with Gasteiger partial charge in [0.25, 0.3) is 5.91 Å². The Kier molecular flexibility index (Phi) is 6.97. The van der Waals surface area contributed by atoms with Crippen LogP contribution < -0.4 is 15.5 Å². The lowest BCUT2D eigenvalue weighted by molar-refractivity contribution is 0.0943. The quantitative estimate of drug-likeness (QED) is 0.729. The molecule has 1 aliphatic carbocycles. The van der Waals surface area contributed by atoms with Crippen LogP contribution in [-0.4, -0.2) is 42.6 Å². The van der Waals surface area contributed by atoms with Crippen LogP contribution in [0.5, 0.6) is 0 Å². The Morgan fingerprint density at radius 2 is 1.89 bits per heavy atom. The van der Waals surface area contributed by atoms with Crippen LogP contribution in [0.1, 0.15) is 36.0 Å². The Morgan fingerprint density at radius 3 is 2.57 bits per heavy atom. The zero-order valence-electron chi connectivity index (χ0n) is 16.1. The summed E-state index contributed by atoms with van der Waals surface area (Å²) in [6, 6.07) is 7.18. The van der Waals surface area contributed by atoms with E-state index in [1.54, 1.807) is 24.4 Å². The molecule has 0 spiro atoms. The minimum absolute atomic E-state index is 0.118. The first-order chi connectivity index (χ1) is 13.4. The van der Waals surface area contributed by atoms with Gasteiger partial charge in [-0.15, -0.1) is 0 Å². The fourth-order valence-corrected chi connectivity index (χ4v) is 3.64. The van der Waals surface area contributed by atoms with Crippen LogP contribution in [0.3, 0.4) is 0 Å². The predicted molar refractivity (Wildman–Crippen MR) is 115 cm³/mol. The molecule has 1 aliphatic rings. The van der Waals surface area contributed by atoms with Gasteiger partial charge in [0.15, 0.2) is 0 Å². The van der Waals surface area contributed by atoms with E-state index in [9.17, 15) is 4.79 Å². The minimum atomic E-state index is -0.118. The summed E-state index contributed by atoms with van der Waals surface area (Å²) in [5.74, 6) is 1.91. The predicted octanol–water partition coefficient (Wildman–Crippen LogP) is 4.25. The van der Waals surface area contributed by atoms with Gasteiger partial charge in [-0.1, -0.05) is 23.2 Å². The van der Waals surface area contributed by atoms with Crippen molar-refractivity contribution < 1.29 is 4.79 Å². The average molecular weight is 422 g/mol. The molecule has 150 valence electrons. The third-order valence-electron chi connectivity index (χ3n) is 5.01. The Labute approximate surface area is 175 Å². The van der Waals surface area contributed by atoms with E-state index in [2.05, 4.69) is 20.6 Å². The number of hydrogen-bond donors (Lipinski definition) is 2.